The van der Waals surface area contributed by atoms with Crippen molar-refractivity contribution >= 4 is 29.4 Å². The van der Waals surface area contributed by atoms with Gasteiger partial charge in [0.1, 0.15) is 11.8 Å². The average molecular weight is 335 g/mol. The Labute approximate surface area is 137 Å². The second-order valence-corrected chi connectivity index (χ2v) is 5.18. The molecule has 1 aromatic carbocycles. The molecule has 0 bridgehead atoms. The number of rotatable bonds is 7. The van der Waals surface area contributed by atoms with Crippen molar-refractivity contribution in [3.05, 3.63) is 24.3 Å². The zero-order valence-electron chi connectivity index (χ0n) is 12.7. The Morgan fingerprint density at radius 1 is 1.33 bits per heavy atom. The third kappa shape index (κ3) is 4.22. The average Bonchev–Trinajstić information content (AvgIpc) is 2.52. The fraction of sp³-hybridized carbons (Fsp3) is 0.333. The zero-order chi connectivity index (χ0) is 17.7. The van der Waals surface area contributed by atoms with Crippen LogP contribution in [-0.4, -0.2) is 48.0 Å². The van der Waals surface area contributed by atoms with Gasteiger partial charge in [-0.25, -0.2) is 4.79 Å². The molecule has 24 heavy (non-hydrogen) atoms. The van der Waals surface area contributed by atoms with Crippen LogP contribution in [0.5, 0.6) is 5.75 Å². The van der Waals surface area contributed by atoms with E-state index in [9.17, 15) is 19.2 Å². The Hall–Kier alpha value is -3.10. The van der Waals surface area contributed by atoms with Crippen molar-refractivity contribution in [2.45, 2.75) is 18.9 Å². The van der Waals surface area contributed by atoms with E-state index in [0.29, 0.717) is 11.4 Å². The number of carbonyl (C=O) groups is 4. The molecule has 0 fully saturated rings. The maximum absolute atomic E-state index is 12.0. The van der Waals surface area contributed by atoms with Crippen molar-refractivity contribution in [1.29, 1.82) is 0 Å². The summed E-state index contributed by atoms with van der Waals surface area (Å²) in [5.41, 5.74) is 5.50. The number of nitrogens with two attached hydrogens (primary N) is 1. The predicted molar refractivity (Wildman–Crippen MR) is 82.3 cm³/mol. The summed E-state index contributed by atoms with van der Waals surface area (Å²) in [5, 5.41) is 11.2. The van der Waals surface area contributed by atoms with Gasteiger partial charge >= 0.3 is 5.97 Å². The molecule has 0 spiro atoms. The number of nitrogens with zero attached hydrogens (tertiary/aromatic N) is 1. The van der Waals surface area contributed by atoms with Crippen LogP contribution < -0.4 is 20.7 Å². The second kappa shape index (κ2) is 7.44. The van der Waals surface area contributed by atoms with Crippen molar-refractivity contribution in [2.75, 3.05) is 18.1 Å². The SMILES string of the molecule is NC(=O)CC(NC(=O)CCN1C(=O)COc2ccccc21)C(=O)O. The van der Waals surface area contributed by atoms with Gasteiger partial charge in [0, 0.05) is 13.0 Å². The monoisotopic (exact) mass is 335 g/mol. The van der Waals surface area contributed by atoms with E-state index in [2.05, 4.69) is 5.32 Å². The largest absolute Gasteiger partial charge is 0.482 e. The molecular weight excluding hydrogens is 318 g/mol. The zero-order valence-corrected chi connectivity index (χ0v) is 12.7. The Kier molecular flexibility index (Phi) is 5.35. The molecule has 1 aromatic rings. The van der Waals surface area contributed by atoms with Gasteiger partial charge in [0.2, 0.25) is 11.8 Å². The highest BCUT2D eigenvalue weighted by Crippen LogP contribution is 2.31. The fourth-order valence-corrected chi connectivity index (χ4v) is 2.28. The quantitative estimate of drug-likeness (QED) is 0.599. The summed E-state index contributed by atoms with van der Waals surface area (Å²) in [6.07, 6.45) is -0.622. The molecule has 1 aliphatic heterocycles. The number of primary amides is 1. The number of carboxylic acids is 1. The predicted octanol–water partition coefficient (Wildman–Crippen LogP) is -0.753. The second-order valence-electron chi connectivity index (χ2n) is 5.18. The van der Waals surface area contributed by atoms with E-state index in [1.165, 1.54) is 4.90 Å². The summed E-state index contributed by atoms with van der Waals surface area (Å²) in [4.78, 5) is 47.1. The molecule has 0 aliphatic carbocycles. The molecule has 0 saturated carbocycles. The summed E-state index contributed by atoms with van der Waals surface area (Å²) < 4.78 is 5.29. The van der Waals surface area contributed by atoms with E-state index in [0.717, 1.165) is 0 Å². The molecule has 0 saturated heterocycles. The fourth-order valence-electron chi connectivity index (χ4n) is 2.28. The van der Waals surface area contributed by atoms with Crippen molar-refractivity contribution in [2.24, 2.45) is 5.73 Å². The highest BCUT2D eigenvalue weighted by molar-refractivity contribution is 5.98. The molecule has 3 amide bonds. The number of carbonyl (C=O) groups excluding carboxylic acids is 3. The Balaban J connectivity index is 1.97. The van der Waals surface area contributed by atoms with E-state index < -0.39 is 30.2 Å². The highest BCUT2D eigenvalue weighted by Gasteiger charge is 2.27. The Morgan fingerprint density at radius 2 is 2.04 bits per heavy atom. The summed E-state index contributed by atoms with van der Waals surface area (Å²) in [6.45, 7) is -0.0635. The summed E-state index contributed by atoms with van der Waals surface area (Å²) in [7, 11) is 0. The lowest BCUT2D eigenvalue weighted by atomic mass is 10.2. The smallest absolute Gasteiger partial charge is 0.326 e. The third-order valence-electron chi connectivity index (χ3n) is 3.41. The Morgan fingerprint density at radius 3 is 2.71 bits per heavy atom. The lowest BCUT2D eigenvalue weighted by molar-refractivity contribution is -0.143. The number of ether oxygens (including phenoxy) is 1. The van der Waals surface area contributed by atoms with Gasteiger partial charge in [-0.1, -0.05) is 12.1 Å². The molecule has 1 heterocycles. The van der Waals surface area contributed by atoms with Gasteiger partial charge in [-0.05, 0) is 12.1 Å². The normalized spacial score (nSPS) is 14.3. The number of amides is 3. The number of benzene rings is 1. The first kappa shape index (κ1) is 17.3. The van der Waals surface area contributed by atoms with Crippen molar-refractivity contribution in [3.63, 3.8) is 0 Å². The number of nitrogens with one attached hydrogen (secondary N) is 1. The molecule has 0 radical (unpaired) electrons. The van der Waals surface area contributed by atoms with Crippen molar-refractivity contribution in [1.82, 2.24) is 5.32 Å². The number of aliphatic carboxylic acids is 1. The number of anilines is 1. The molecule has 128 valence electrons. The maximum Gasteiger partial charge on any atom is 0.326 e. The van der Waals surface area contributed by atoms with Gasteiger partial charge in [-0.2, -0.15) is 0 Å². The first-order chi connectivity index (χ1) is 11.4. The van der Waals surface area contributed by atoms with Gasteiger partial charge in [-0.15, -0.1) is 0 Å². The van der Waals surface area contributed by atoms with Gasteiger partial charge in [0.05, 0.1) is 12.1 Å². The van der Waals surface area contributed by atoms with Gasteiger partial charge in [0.25, 0.3) is 5.91 Å². The molecule has 1 aliphatic rings. The van der Waals surface area contributed by atoms with Crippen LogP contribution in [0.2, 0.25) is 0 Å². The van der Waals surface area contributed by atoms with Crippen LogP contribution in [0.3, 0.4) is 0 Å². The lowest BCUT2D eigenvalue weighted by Crippen LogP contribution is -2.45. The van der Waals surface area contributed by atoms with Crippen LogP contribution in [0, 0.1) is 0 Å². The maximum atomic E-state index is 12.0. The van der Waals surface area contributed by atoms with Crippen LogP contribution in [0.1, 0.15) is 12.8 Å². The number of hydrogen-bond acceptors (Lipinski definition) is 5. The van der Waals surface area contributed by atoms with E-state index in [4.69, 9.17) is 15.6 Å². The third-order valence-corrected chi connectivity index (χ3v) is 3.41. The Bertz CT molecular complexity index is 675. The van der Waals surface area contributed by atoms with Crippen LogP contribution in [0.4, 0.5) is 5.69 Å². The van der Waals surface area contributed by atoms with Gasteiger partial charge in [-0.3, -0.25) is 14.4 Å². The van der Waals surface area contributed by atoms with E-state index in [-0.39, 0.29) is 25.5 Å². The topological polar surface area (TPSA) is 139 Å². The molecule has 4 N–H and O–H groups in total. The highest BCUT2D eigenvalue weighted by atomic mass is 16.5. The molecule has 9 nitrogen and oxygen atoms in total. The number of para-hydroxylation sites is 2. The molecule has 1 unspecified atom stereocenters. The number of hydrogen-bond donors (Lipinski definition) is 3. The minimum atomic E-state index is -1.39. The summed E-state index contributed by atoms with van der Waals surface area (Å²) in [5.74, 6) is -2.54. The van der Waals surface area contributed by atoms with Crippen molar-refractivity contribution < 1.29 is 29.0 Å². The number of carboxylic acid groups (broad SMARTS) is 1. The van der Waals surface area contributed by atoms with Crippen LogP contribution in [0.25, 0.3) is 0 Å². The minimum Gasteiger partial charge on any atom is -0.482 e. The van der Waals surface area contributed by atoms with Crippen LogP contribution >= 0.6 is 0 Å². The van der Waals surface area contributed by atoms with E-state index in [1.54, 1.807) is 24.3 Å². The molecular formula is C15H17N3O6. The first-order valence-electron chi connectivity index (χ1n) is 7.21. The van der Waals surface area contributed by atoms with Gasteiger partial charge < -0.3 is 25.8 Å². The summed E-state index contributed by atoms with van der Waals surface area (Å²) >= 11 is 0. The minimum absolute atomic E-state index is 0.0634. The molecule has 0 aromatic heterocycles. The number of fused-ring (bicyclic) bond motifs is 1. The van der Waals surface area contributed by atoms with E-state index >= 15 is 0 Å². The standard InChI is InChI=1S/C15H17N3O6/c16-12(19)7-9(15(22)23)17-13(20)5-6-18-10-3-1-2-4-11(10)24-8-14(18)21/h1-4,9H,5-8H2,(H2,16,19)(H,17,20)(H,22,23). The van der Waals surface area contributed by atoms with Crippen molar-refractivity contribution in [3.8, 4) is 5.75 Å². The van der Waals surface area contributed by atoms with Gasteiger partial charge in [0.15, 0.2) is 6.61 Å². The van der Waals surface area contributed by atoms with Crippen LogP contribution in [0.15, 0.2) is 24.3 Å². The van der Waals surface area contributed by atoms with E-state index in [1.807, 2.05) is 0 Å². The molecule has 9 heteroatoms. The molecule has 1 atom stereocenters. The van der Waals surface area contributed by atoms with Crippen LogP contribution in [-0.2, 0) is 19.2 Å². The first-order valence-corrected chi connectivity index (χ1v) is 7.21. The molecule has 2 rings (SSSR count). The lowest BCUT2D eigenvalue weighted by Gasteiger charge is -2.29. The summed E-state index contributed by atoms with van der Waals surface area (Å²) in [6, 6.07) is 5.52.